The monoisotopic (exact) mass is 528 g/mol. The molecule has 0 aliphatic carbocycles. The molecule has 1 aromatic heterocycles. The van der Waals surface area contributed by atoms with E-state index in [1.807, 2.05) is 72.8 Å². The first kappa shape index (κ1) is 26.1. The van der Waals surface area contributed by atoms with Crippen molar-refractivity contribution in [1.29, 1.82) is 0 Å². The van der Waals surface area contributed by atoms with Crippen molar-refractivity contribution in [3.8, 4) is 22.6 Å². The molecule has 0 spiro atoms. The topological polar surface area (TPSA) is 43.4 Å². The highest BCUT2D eigenvalue weighted by molar-refractivity contribution is 5.98. The van der Waals surface area contributed by atoms with Crippen LogP contribution in [0.1, 0.15) is 22.3 Å². The Kier molecular flexibility index (Phi) is 7.41. The molecule has 0 amide bonds. The second-order valence-corrected chi connectivity index (χ2v) is 9.11. The number of rotatable bonds is 8. The molecule has 0 saturated heterocycles. The van der Waals surface area contributed by atoms with Crippen molar-refractivity contribution in [2.75, 3.05) is 19.5 Å². The molecule has 7 heteroatoms. The Labute approximate surface area is 225 Å². The van der Waals surface area contributed by atoms with Gasteiger partial charge in [-0.1, -0.05) is 66.7 Å². The molecule has 0 fully saturated rings. The maximum Gasteiger partial charge on any atom is 0.418 e. The Morgan fingerprint density at radius 1 is 0.795 bits per heavy atom. The van der Waals surface area contributed by atoms with Crippen LogP contribution in [0.25, 0.3) is 22.0 Å². The average molecular weight is 529 g/mol. The number of aromatic nitrogens is 1. The van der Waals surface area contributed by atoms with Gasteiger partial charge in [0.2, 0.25) is 0 Å². The second-order valence-electron chi connectivity index (χ2n) is 9.11. The van der Waals surface area contributed by atoms with Gasteiger partial charge in [0.15, 0.2) is 11.5 Å². The first-order chi connectivity index (χ1) is 18.9. The summed E-state index contributed by atoms with van der Waals surface area (Å²) >= 11 is 0. The standard InChI is InChI=1S/C32H27F3N2O2/c1-38-28-16-7-12-23(31(28)39-2)19-36-25-13-6-11-22(18-25)29-24(17-21-9-4-3-5-10-21)20-37-30-26(29)14-8-15-27(30)32(33,34)35/h3-16,18,20,36H,17,19H2,1-2H3. The third kappa shape index (κ3) is 5.53. The molecule has 0 radical (unpaired) electrons. The lowest BCUT2D eigenvalue weighted by Crippen LogP contribution is -2.07. The van der Waals surface area contributed by atoms with Crippen molar-refractivity contribution in [3.63, 3.8) is 0 Å². The fourth-order valence-electron chi connectivity index (χ4n) is 4.86. The summed E-state index contributed by atoms with van der Waals surface area (Å²) in [5.74, 6) is 1.29. The molecular weight excluding hydrogens is 501 g/mol. The summed E-state index contributed by atoms with van der Waals surface area (Å²) in [5.41, 5.74) is 4.36. The van der Waals surface area contributed by atoms with Gasteiger partial charge in [0.05, 0.1) is 25.3 Å². The summed E-state index contributed by atoms with van der Waals surface area (Å²) in [7, 11) is 3.19. The minimum Gasteiger partial charge on any atom is -0.493 e. The van der Waals surface area contributed by atoms with Crippen molar-refractivity contribution in [2.45, 2.75) is 19.1 Å². The van der Waals surface area contributed by atoms with E-state index in [4.69, 9.17) is 9.47 Å². The molecule has 198 valence electrons. The van der Waals surface area contributed by atoms with Crippen LogP contribution in [0, 0.1) is 0 Å². The molecule has 4 aromatic carbocycles. The number of hydrogen-bond donors (Lipinski definition) is 1. The maximum atomic E-state index is 13.9. The summed E-state index contributed by atoms with van der Waals surface area (Å²) < 4.78 is 52.6. The van der Waals surface area contributed by atoms with Crippen molar-refractivity contribution in [3.05, 3.63) is 119 Å². The van der Waals surface area contributed by atoms with Crippen LogP contribution in [0.3, 0.4) is 0 Å². The first-order valence-electron chi connectivity index (χ1n) is 12.4. The summed E-state index contributed by atoms with van der Waals surface area (Å²) in [6, 6.07) is 27.4. The lowest BCUT2D eigenvalue weighted by molar-refractivity contribution is -0.136. The Morgan fingerprint density at radius 3 is 2.31 bits per heavy atom. The highest BCUT2D eigenvalue weighted by Crippen LogP contribution is 2.39. The second kappa shape index (κ2) is 11.1. The van der Waals surface area contributed by atoms with E-state index in [1.165, 1.54) is 6.07 Å². The van der Waals surface area contributed by atoms with Gasteiger partial charge in [-0.15, -0.1) is 0 Å². The largest absolute Gasteiger partial charge is 0.493 e. The molecule has 0 aliphatic heterocycles. The summed E-state index contributed by atoms with van der Waals surface area (Å²) in [5, 5.41) is 3.88. The smallest absolute Gasteiger partial charge is 0.418 e. The van der Waals surface area contributed by atoms with Crippen LogP contribution < -0.4 is 14.8 Å². The minimum absolute atomic E-state index is 0.0590. The lowest BCUT2D eigenvalue weighted by atomic mass is 9.91. The molecule has 0 bridgehead atoms. The van der Waals surface area contributed by atoms with Gasteiger partial charge < -0.3 is 14.8 Å². The number of benzene rings is 4. The zero-order chi connectivity index (χ0) is 27.4. The van der Waals surface area contributed by atoms with Crippen LogP contribution in [0.15, 0.2) is 97.2 Å². The van der Waals surface area contributed by atoms with Crippen molar-refractivity contribution >= 4 is 16.6 Å². The molecule has 5 rings (SSSR count). The number of fused-ring (bicyclic) bond motifs is 1. The van der Waals surface area contributed by atoms with Gasteiger partial charge in [0.1, 0.15) is 0 Å². The van der Waals surface area contributed by atoms with E-state index in [-0.39, 0.29) is 5.52 Å². The van der Waals surface area contributed by atoms with E-state index in [9.17, 15) is 13.2 Å². The lowest BCUT2D eigenvalue weighted by Gasteiger charge is -2.17. The molecule has 1 N–H and O–H groups in total. The number of nitrogens with zero attached hydrogens (tertiary/aromatic N) is 1. The number of methoxy groups -OCH3 is 2. The number of pyridine rings is 1. The van der Waals surface area contributed by atoms with Gasteiger partial charge in [-0.3, -0.25) is 4.98 Å². The van der Waals surface area contributed by atoms with E-state index in [2.05, 4.69) is 10.3 Å². The number of halogens is 3. The molecule has 0 atom stereocenters. The highest BCUT2D eigenvalue weighted by atomic mass is 19.4. The molecular formula is C32H27F3N2O2. The van der Waals surface area contributed by atoms with Crippen molar-refractivity contribution < 1.29 is 22.6 Å². The Balaban J connectivity index is 1.58. The van der Waals surface area contributed by atoms with Crippen LogP contribution in [0.5, 0.6) is 11.5 Å². The summed E-state index contributed by atoms with van der Waals surface area (Å²) in [4.78, 5) is 4.30. The summed E-state index contributed by atoms with van der Waals surface area (Å²) in [6.45, 7) is 0.468. The molecule has 1 heterocycles. The molecule has 5 aromatic rings. The van der Waals surface area contributed by atoms with Crippen molar-refractivity contribution in [2.24, 2.45) is 0 Å². The number of nitrogens with one attached hydrogen (secondary N) is 1. The van der Waals surface area contributed by atoms with Gasteiger partial charge >= 0.3 is 6.18 Å². The Bertz CT molecular complexity index is 1600. The van der Waals surface area contributed by atoms with E-state index in [1.54, 1.807) is 26.5 Å². The predicted molar refractivity (Wildman–Crippen MR) is 148 cm³/mol. The van der Waals surface area contributed by atoms with Crippen LogP contribution >= 0.6 is 0 Å². The predicted octanol–water partition coefficient (Wildman–Crippen LogP) is 8.14. The minimum atomic E-state index is -4.51. The number of ether oxygens (including phenoxy) is 2. The number of anilines is 1. The van der Waals surface area contributed by atoms with Gasteiger partial charge in [-0.2, -0.15) is 13.2 Å². The zero-order valence-corrected chi connectivity index (χ0v) is 21.5. The molecule has 39 heavy (non-hydrogen) atoms. The van der Waals surface area contributed by atoms with Gasteiger partial charge in [0, 0.05) is 29.4 Å². The average Bonchev–Trinajstić information content (AvgIpc) is 2.95. The number of para-hydroxylation sites is 2. The van der Waals surface area contributed by atoms with Gasteiger partial charge in [-0.25, -0.2) is 0 Å². The van der Waals surface area contributed by atoms with Crippen molar-refractivity contribution in [1.82, 2.24) is 4.98 Å². The molecule has 0 aliphatic rings. The summed E-state index contributed by atoms with van der Waals surface area (Å²) in [6.07, 6.45) is -2.40. The van der Waals surface area contributed by atoms with E-state index in [0.29, 0.717) is 29.9 Å². The molecule has 0 saturated carbocycles. The first-order valence-corrected chi connectivity index (χ1v) is 12.4. The highest BCUT2D eigenvalue weighted by Gasteiger charge is 2.33. The van der Waals surface area contributed by atoms with Crippen LogP contribution in [0.4, 0.5) is 18.9 Å². The van der Waals surface area contributed by atoms with E-state index in [0.717, 1.165) is 39.6 Å². The fraction of sp³-hybridized carbons (Fsp3) is 0.156. The van der Waals surface area contributed by atoms with Gasteiger partial charge in [-0.05, 0) is 52.9 Å². The number of alkyl halides is 3. The van der Waals surface area contributed by atoms with Crippen LogP contribution in [-0.4, -0.2) is 19.2 Å². The van der Waals surface area contributed by atoms with E-state index < -0.39 is 11.7 Å². The zero-order valence-electron chi connectivity index (χ0n) is 21.5. The van der Waals surface area contributed by atoms with E-state index >= 15 is 0 Å². The Hall–Kier alpha value is -4.52. The maximum absolute atomic E-state index is 13.9. The van der Waals surface area contributed by atoms with Crippen LogP contribution in [-0.2, 0) is 19.1 Å². The number of hydrogen-bond acceptors (Lipinski definition) is 4. The van der Waals surface area contributed by atoms with Gasteiger partial charge in [0.25, 0.3) is 0 Å². The quantitative estimate of drug-likeness (QED) is 0.221. The third-order valence-electron chi connectivity index (χ3n) is 6.64. The SMILES string of the molecule is COc1cccc(CNc2cccc(-c3c(Cc4ccccc4)cnc4c(C(F)(F)F)cccc34)c2)c1OC. The normalized spacial score (nSPS) is 11.4. The fourth-order valence-corrected chi connectivity index (χ4v) is 4.86. The molecule has 0 unspecified atom stereocenters. The molecule has 4 nitrogen and oxygen atoms in total. The Morgan fingerprint density at radius 2 is 1.56 bits per heavy atom. The van der Waals surface area contributed by atoms with Crippen LogP contribution in [0.2, 0.25) is 0 Å². The third-order valence-corrected chi connectivity index (χ3v) is 6.64.